The van der Waals surface area contributed by atoms with Crippen molar-refractivity contribution in [1.82, 2.24) is 5.32 Å². The van der Waals surface area contributed by atoms with Crippen molar-refractivity contribution >= 4 is 23.0 Å². The molecule has 0 saturated carbocycles. The summed E-state index contributed by atoms with van der Waals surface area (Å²) in [6.07, 6.45) is 5.60. The molecule has 1 aliphatic rings. The van der Waals surface area contributed by atoms with Crippen molar-refractivity contribution in [2.24, 2.45) is 4.99 Å². The zero-order valence-electron chi connectivity index (χ0n) is 19.4. The Bertz CT molecular complexity index is 1020. The second-order valence-electron chi connectivity index (χ2n) is 8.05. The highest BCUT2D eigenvalue weighted by Crippen LogP contribution is 2.26. The van der Waals surface area contributed by atoms with Crippen LogP contribution >= 0.6 is 0 Å². The Kier molecular flexibility index (Phi) is 8.40. The van der Waals surface area contributed by atoms with Crippen molar-refractivity contribution in [3.05, 3.63) is 83.6 Å². The minimum atomic E-state index is -0.201. The third-order valence-corrected chi connectivity index (χ3v) is 5.79. The highest BCUT2D eigenvalue weighted by atomic mass is 16.2. The lowest BCUT2D eigenvalue weighted by atomic mass is 9.99. The van der Waals surface area contributed by atoms with Crippen LogP contribution in [0.2, 0.25) is 0 Å². The summed E-state index contributed by atoms with van der Waals surface area (Å²) in [4.78, 5) is 20.1. The second kappa shape index (κ2) is 11.4. The van der Waals surface area contributed by atoms with Gasteiger partial charge in [0.25, 0.3) is 5.91 Å². The molecule has 1 fully saturated rings. The molecule has 3 rings (SSSR count). The Hall–Kier alpha value is -3.18. The van der Waals surface area contributed by atoms with E-state index >= 15 is 0 Å². The Labute approximate surface area is 191 Å². The average Bonchev–Trinajstić information content (AvgIpc) is 2.82. The predicted octanol–water partition coefficient (Wildman–Crippen LogP) is 4.87. The van der Waals surface area contributed by atoms with Crippen molar-refractivity contribution in [3.63, 3.8) is 0 Å². The van der Waals surface area contributed by atoms with E-state index in [9.17, 15) is 4.79 Å². The molecule has 1 heterocycles. The van der Waals surface area contributed by atoms with Crippen molar-refractivity contribution in [3.8, 4) is 0 Å². The van der Waals surface area contributed by atoms with E-state index in [1.165, 1.54) is 11.1 Å². The van der Waals surface area contributed by atoms with Gasteiger partial charge in [-0.05, 0) is 68.5 Å². The topological polar surface area (TPSA) is 56.7 Å². The molecule has 0 bridgehead atoms. The first-order valence-corrected chi connectivity index (χ1v) is 11.3. The maximum absolute atomic E-state index is 13.1. The molecule has 168 valence electrons. The summed E-state index contributed by atoms with van der Waals surface area (Å²) in [6.45, 7) is 13.5. The van der Waals surface area contributed by atoms with Gasteiger partial charge in [-0.25, -0.2) is 4.99 Å². The largest absolute Gasteiger partial charge is 0.367 e. The quantitative estimate of drug-likeness (QED) is 0.357. The minimum absolute atomic E-state index is 0.201. The molecule has 5 heteroatoms. The lowest BCUT2D eigenvalue weighted by Gasteiger charge is -2.31. The lowest BCUT2D eigenvalue weighted by molar-refractivity contribution is -0.112. The van der Waals surface area contributed by atoms with E-state index in [0.717, 1.165) is 61.7 Å². The van der Waals surface area contributed by atoms with E-state index in [0.29, 0.717) is 5.70 Å². The van der Waals surface area contributed by atoms with Gasteiger partial charge in [0.2, 0.25) is 0 Å². The molecule has 0 radical (unpaired) electrons. The van der Waals surface area contributed by atoms with E-state index in [4.69, 9.17) is 0 Å². The van der Waals surface area contributed by atoms with Crippen LogP contribution in [-0.2, 0) is 11.2 Å². The number of amides is 1. The van der Waals surface area contributed by atoms with Gasteiger partial charge in [-0.3, -0.25) is 4.79 Å². The first kappa shape index (κ1) is 23.5. The van der Waals surface area contributed by atoms with E-state index in [1.807, 2.05) is 38.1 Å². The van der Waals surface area contributed by atoms with Gasteiger partial charge in [0, 0.05) is 31.9 Å². The van der Waals surface area contributed by atoms with Gasteiger partial charge in [0.05, 0.1) is 11.4 Å². The third kappa shape index (κ3) is 5.95. The van der Waals surface area contributed by atoms with Gasteiger partial charge < -0.3 is 15.5 Å². The number of carbonyl (C=O) groups is 1. The summed E-state index contributed by atoms with van der Waals surface area (Å²) >= 11 is 0. The molecule has 0 spiro atoms. The summed E-state index contributed by atoms with van der Waals surface area (Å²) < 4.78 is 0. The number of allylic oxidation sites excluding steroid dienone is 2. The van der Waals surface area contributed by atoms with Crippen molar-refractivity contribution in [1.29, 1.82) is 0 Å². The number of carbonyl (C=O) groups excluding carboxylic acids is 1. The molecule has 0 unspecified atom stereocenters. The number of benzene rings is 2. The molecule has 1 amide bonds. The number of hydrogen-bond donors (Lipinski definition) is 2. The number of nitrogens with zero attached hydrogens (tertiary/aromatic N) is 2. The number of hydrogen-bond acceptors (Lipinski definition) is 4. The first-order valence-electron chi connectivity index (χ1n) is 11.3. The monoisotopic (exact) mass is 430 g/mol. The fourth-order valence-electron chi connectivity index (χ4n) is 3.86. The summed E-state index contributed by atoms with van der Waals surface area (Å²) in [5.41, 5.74) is 6.67. The number of anilines is 2. The average molecular weight is 431 g/mol. The fourth-order valence-corrected chi connectivity index (χ4v) is 3.86. The highest BCUT2D eigenvalue weighted by Gasteiger charge is 2.17. The maximum Gasteiger partial charge on any atom is 0.273 e. The van der Waals surface area contributed by atoms with Gasteiger partial charge in [0.15, 0.2) is 0 Å². The van der Waals surface area contributed by atoms with Crippen LogP contribution < -0.4 is 15.5 Å². The zero-order chi connectivity index (χ0) is 22.9. The molecule has 5 nitrogen and oxygen atoms in total. The predicted molar refractivity (Wildman–Crippen MR) is 136 cm³/mol. The number of para-hydroxylation sites is 2. The van der Waals surface area contributed by atoms with Gasteiger partial charge in [0.1, 0.15) is 5.70 Å². The van der Waals surface area contributed by atoms with Crippen LogP contribution in [0.4, 0.5) is 11.4 Å². The Morgan fingerprint density at radius 2 is 1.97 bits per heavy atom. The second-order valence-corrected chi connectivity index (χ2v) is 8.05. The van der Waals surface area contributed by atoms with Crippen molar-refractivity contribution in [2.45, 2.75) is 33.6 Å². The zero-order valence-corrected chi connectivity index (χ0v) is 19.4. The van der Waals surface area contributed by atoms with Gasteiger partial charge in [-0.15, -0.1) is 6.58 Å². The summed E-state index contributed by atoms with van der Waals surface area (Å²) in [7, 11) is 0. The number of aryl methyl sites for hydroxylation is 2. The number of nitrogens with one attached hydrogen (secondary N) is 2. The Balaban J connectivity index is 1.78. The SMILES string of the molecule is C=CCCc1cc(C(C)=N/C(=C\C)C(=O)Nc2ccccc2N2CCNCC2)ccc1C. The first-order chi connectivity index (χ1) is 15.5. The van der Waals surface area contributed by atoms with Crippen LogP contribution in [-0.4, -0.2) is 37.8 Å². The molecule has 2 N–H and O–H groups in total. The molecule has 2 aromatic carbocycles. The van der Waals surface area contributed by atoms with E-state index in [-0.39, 0.29) is 5.91 Å². The van der Waals surface area contributed by atoms with Crippen LogP contribution in [0.3, 0.4) is 0 Å². The molecule has 2 aromatic rings. The third-order valence-electron chi connectivity index (χ3n) is 5.79. The molecule has 0 aliphatic carbocycles. The number of rotatable bonds is 8. The normalized spacial score (nSPS) is 14.9. The highest BCUT2D eigenvalue weighted by molar-refractivity contribution is 6.09. The fraction of sp³-hybridized carbons (Fsp3) is 0.333. The van der Waals surface area contributed by atoms with Crippen molar-refractivity contribution in [2.75, 3.05) is 36.4 Å². The molecular formula is C27H34N4O. The van der Waals surface area contributed by atoms with Gasteiger partial charge >= 0.3 is 0 Å². The van der Waals surface area contributed by atoms with E-state index in [2.05, 4.69) is 58.3 Å². The summed E-state index contributed by atoms with van der Waals surface area (Å²) in [5.74, 6) is -0.201. The number of piperazine rings is 1. The standard InChI is InChI=1S/C27H34N4O/c1-5-7-10-22-19-23(14-13-20(22)3)21(4)29-24(6-2)27(32)30-25-11-8-9-12-26(25)31-17-15-28-16-18-31/h5-6,8-9,11-14,19,28H,1,7,10,15-18H2,2-4H3,(H,30,32)/b24-6-,29-21?. The van der Waals surface area contributed by atoms with Gasteiger partial charge in [-0.1, -0.05) is 36.4 Å². The molecule has 1 aliphatic heterocycles. The summed E-state index contributed by atoms with van der Waals surface area (Å²) in [6, 6.07) is 14.3. The molecular weight excluding hydrogens is 396 g/mol. The van der Waals surface area contributed by atoms with Crippen LogP contribution in [0.5, 0.6) is 0 Å². The Morgan fingerprint density at radius 1 is 1.22 bits per heavy atom. The molecule has 32 heavy (non-hydrogen) atoms. The van der Waals surface area contributed by atoms with Crippen LogP contribution in [0, 0.1) is 6.92 Å². The molecule has 0 atom stereocenters. The van der Waals surface area contributed by atoms with Crippen LogP contribution in [0.15, 0.2) is 71.9 Å². The van der Waals surface area contributed by atoms with E-state index in [1.54, 1.807) is 6.08 Å². The van der Waals surface area contributed by atoms with E-state index < -0.39 is 0 Å². The van der Waals surface area contributed by atoms with Crippen LogP contribution in [0.25, 0.3) is 0 Å². The molecule has 1 saturated heterocycles. The maximum atomic E-state index is 13.1. The van der Waals surface area contributed by atoms with Crippen LogP contribution in [0.1, 0.15) is 37.0 Å². The lowest BCUT2D eigenvalue weighted by Crippen LogP contribution is -2.43. The summed E-state index contributed by atoms with van der Waals surface area (Å²) in [5, 5.41) is 6.44. The smallest absolute Gasteiger partial charge is 0.273 e. The van der Waals surface area contributed by atoms with Gasteiger partial charge in [-0.2, -0.15) is 0 Å². The number of aliphatic imine (C=N–C) groups is 1. The Morgan fingerprint density at radius 3 is 2.69 bits per heavy atom. The van der Waals surface area contributed by atoms with Crippen molar-refractivity contribution < 1.29 is 4.79 Å². The minimum Gasteiger partial charge on any atom is -0.367 e. The molecule has 0 aromatic heterocycles.